The molecule has 0 aliphatic carbocycles. The highest BCUT2D eigenvalue weighted by Crippen LogP contribution is 2.26. The van der Waals surface area contributed by atoms with Gasteiger partial charge in [-0.2, -0.15) is 0 Å². The van der Waals surface area contributed by atoms with Crippen LogP contribution in [0.15, 0.2) is 82.3 Å². The van der Waals surface area contributed by atoms with Crippen LogP contribution in [0.25, 0.3) is 6.08 Å². The van der Waals surface area contributed by atoms with Crippen molar-refractivity contribution in [3.05, 3.63) is 89.3 Å². The second-order valence-electron chi connectivity index (χ2n) is 7.57. The predicted octanol–water partition coefficient (Wildman–Crippen LogP) is 3.77. The van der Waals surface area contributed by atoms with E-state index < -0.39 is 10.0 Å². The number of sulfonamides is 1. The Hall–Kier alpha value is -3.07. The summed E-state index contributed by atoms with van der Waals surface area (Å²) in [6, 6.07) is 17.5. The molecule has 1 aliphatic rings. The van der Waals surface area contributed by atoms with Crippen molar-refractivity contribution in [3.8, 4) is 0 Å². The van der Waals surface area contributed by atoms with E-state index in [0.717, 1.165) is 11.3 Å². The fourth-order valence-electron chi connectivity index (χ4n) is 3.57. The van der Waals surface area contributed by atoms with Crippen LogP contribution >= 0.6 is 11.6 Å². The Balaban J connectivity index is 1.31. The highest BCUT2D eigenvalue weighted by molar-refractivity contribution is 7.89. The maximum absolute atomic E-state index is 12.6. The molecule has 4 rings (SSSR count). The fraction of sp³-hybridized carbons (Fsp3) is 0.208. The number of anilines is 1. The summed E-state index contributed by atoms with van der Waals surface area (Å²) < 4.78 is 32.5. The van der Waals surface area contributed by atoms with Crippen LogP contribution in [-0.2, 0) is 21.4 Å². The predicted molar refractivity (Wildman–Crippen MR) is 128 cm³/mol. The number of carbonyl (C=O) groups excluding carboxylic acids is 1. The first-order valence-electron chi connectivity index (χ1n) is 10.5. The number of carbonyl (C=O) groups is 1. The molecule has 33 heavy (non-hydrogen) atoms. The van der Waals surface area contributed by atoms with Crippen LogP contribution in [0, 0.1) is 0 Å². The smallest absolute Gasteiger partial charge is 0.246 e. The van der Waals surface area contributed by atoms with Crippen molar-refractivity contribution < 1.29 is 17.6 Å². The summed E-state index contributed by atoms with van der Waals surface area (Å²) in [6.07, 6.45) is 4.70. The minimum atomic E-state index is -3.66. The summed E-state index contributed by atoms with van der Waals surface area (Å²) in [5, 5.41) is 0.707. The van der Waals surface area contributed by atoms with Crippen molar-refractivity contribution in [2.24, 2.45) is 0 Å². The Kier molecular flexibility index (Phi) is 7.17. The van der Waals surface area contributed by atoms with Crippen LogP contribution in [0.1, 0.15) is 11.3 Å². The van der Waals surface area contributed by atoms with Gasteiger partial charge in [0.15, 0.2) is 0 Å². The van der Waals surface area contributed by atoms with Gasteiger partial charge in [-0.25, -0.2) is 13.1 Å². The Labute approximate surface area is 198 Å². The number of halogens is 1. The zero-order chi connectivity index (χ0) is 23.3. The van der Waals surface area contributed by atoms with E-state index in [1.54, 1.807) is 35.2 Å². The number of nitrogens with zero attached hydrogens (tertiary/aromatic N) is 2. The maximum Gasteiger partial charge on any atom is 0.246 e. The molecule has 2 heterocycles. The molecule has 2 aromatic carbocycles. The third-order valence-electron chi connectivity index (χ3n) is 5.41. The molecule has 3 aromatic rings. The van der Waals surface area contributed by atoms with E-state index in [9.17, 15) is 13.2 Å². The third kappa shape index (κ3) is 5.84. The number of benzene rings is 2. The van der Waals surface area contributed by atoms with Gasteiger partial charge in [-0.3, -0.25) is 4.79 Å². The quantitative estimate of drug-likeness (QED) is 0.515. The largest absolute Gasteiger partial charge is 0.468 e. The Bertz CT molecular complexity index is 1220. The topological polar surface area (TPSA) is 82.9 Å². The van der Waals surface area contributed by atoms with Crippen LogP contribution in [0.3, 0.4) is 0 Å². The molecule has 1 amide bonds. The van der Waals surface area contributed by atoms with Crippen LogP contribution in [0.5, 0.6) is 0 Å². The van der Waals surface area contributed by atoms with Gasteiger partial charge in [0.1, 0.15) is 5.76 Å². The summed E-state index contributed by atoms with van der Waals surface area (Å²) in [4.78, 5) is 16.7. The van der Waals surface area contributed by atoms with Crippen LogP contribution in [0.4, 0.5) is 5.69 Å². The number of para-hydroxylation sites is 1. The molecule has 0 spiro atoms. The maximum atomic E-state index is 12.6. The average Bonchev–Trinajstić information content (AvgIpc) is 3.36. The first-order valence-corrected chi connectivity index (χ1v) is 12.4. The molecule has 9 heteroatoms. The van der Waals surface area contributed by atoms with E-state index in [1.165, 1.54) is 24.5 Å². The van der Waals surface area contributed by atoms with Crippen LogP contribution in [-0.4, -0.2) is 45.4 Å². The van der Waals surface area contributed by atoms with Crippen molar-refractivity contribution >= 4 is 39.3 Å². The van der Waals surface area contributed by atoms with Gasteiger partial charge in [0.25, 0.3) is 0 Å². The number of nitrogens with one attached hydrogen (secondary N) is 1. The monoisotopic (exact) mass is 485 g/mol. The summed E-state index contributed by atoms with van der Waals surface area (Å²) in [6.45, 7) is 2.71. The molecule has 1 aromatic heterocycles. The van der Waals surface area contributed by atoms with Gasteiger partial charge in [-0.1, -0.05) is 35.9 Å². The summed E-state index contributed by atoms with van der Waals surface area (Å²) in [5.41, 5.74) is 1.72. The van der Waals surface area contributed by atoms with Crippen molar-refractivity contribution in [1.29, 1.82) is 0 Å². The van der Waals surface area contributed by atoms with Crippen molar-refractivity contribution in [2.45, 2.75) is 11.4 Å². The summed E-state index contributed by atoms with van der Waals surface area (Å²) >= 11 is 6.27. The molecule has 0 unspecified atom stereocenters. The van der Waals surface area contributed by atoms with Crippen LogP contribution < -0.4 is 9.62 Å². The standard InChI is InChI=1S/C24H24ClN3O4S/c25-22-5-1-2-6-23(22)27-13-15-28(16-14-27)24(29)12-9-19-7-10-21(11-8-19)33(30,31)26-18-20-4-3-17-32-20/h1-12,17,26H,13-16,18H2/b12-9-. The second kappa shape index (κ2) is 10.2. The third-order valence-corrected chi connectivity index (χ3v) is 7.15. The molecule has 0 saturated carbocycles. The first-order chi connectivity index (χ1) is 15.9. The van der Waals surface area contributed by atoms with Gasteiger partial charge in [0.2, 0.25) is 15.9 Å². The number of rotatable bonds is 7. The van der Waals surface area contributed by atoms with Gasteiger partial charge < -0.3 is 14.2 Å². The zero-order valence-corrected chi connectivity index (χ0v) is 19.4. The minimum Gasteiger partial charge on any atom is -0.468 e. The van der Waals surface area contributed by atoms with E-state index in [2.05, 4.69) is 9.62 Å². The van der Waals surface area contributed by atoms with E-state index in [-0.39, 0.29) is 17.3 Å². The van der Waals surface area contributed by atoms with Crippen molar-refractivity contribution in [3.63, 3.8) is 0 Å². The SMILES string of the molecule is O=C(/C=C\c1ccc(S(=O)(=O)NCc2ccco2)cc1)N1CCN(c2ccccc2Cl)CC1. The molecule has 172 valence electrons. The molecule has 7 nitrogen and oxygen atoms in total. The normalized spacial score (nSPS) is 14.7. The molecule has 1 aliphatic heterocycles. The average molecular weight is 486 g/mol. The lowest BCUT2D eigenvalue weighted by Crippen LogP contribution is -2.48. The number of furan rings is 1. The number of amides is 1. The van der Waals surface area contributed by atoms with Gasteiger partial charge in [0.05, 0.1) is 28.4 Å². The Morgan fingerprint density at radius 2 is 1.73 bits per heavy atom. The number of hydrogen-bond donors (Lipinski definition) is 1. The Morgan fingerprint density at radius 3 is 2.39 bits per heavy atom. The van der Waals surface area contributed by atoms with E-state index in [1.807, 2.05) is 24.3 Å². The fourth-order valence-corrected chi connectivity index (χ4v) is 4.82. The van der Waals surface area contributed by atoms with Gasteiger partial charge in [0, 0.05) is 32.3 Å². The molecule has 1 N–H and O–H groups in total. The lowest BCUT2D eigenvalue weighted by Gasteiger charge is -2.36. The van der Waals surface area contributed by atoms with Crippen molar-refractivity contribution in [2.75, 3.05) is 31.1 Å². The first kappa shape index (κ1) is 23.1. The minimum absolute atomic E-state index is 0.0781. The lowest BCUT2D eigenvalue weighted by molar-refractivity contribution is -0.126. The molecular formula is C24H24ClN3O4S. The van der Waals surface area contributed by atoms with E-state index in [4.69, 9.17) is 16.0 Å². The molecule has 0 atom stereocenters. The van der Waals surface area contributed by atoms with Gasteiger partial charge in [-0.15, -0.1) is 0 Å². The summed E-state index contributed by atoms with van der Waals surface area (Å²) in [5.74, 6) is 0.454. The molecule has 0 bridgehead atoms. The van der Waals surface area contributed by atoms with Crippen molar-refractivity contribution in [1.82, 2.24) is 9.62 Å². The van der Waals surface area contributed by atoms with E-state index >= 15 is 0 Å². The van der Waals surface area contributed by atoms with Gasteiger partial charge >= 0.3 is 0 Å². The second-order valence-corrected chi connectivity index (χ2v) is 9.74. The highest BCUT2D eigenvalue weighted by atomic mass is 35.5. The molecule has 1 fully saturated rings. The highest BCUT2D eigenvalue weighted by Gasteiger charge is 2.21. The number of piperazine rings is 1. The van der Waals surface area contributed by atoms with Crippen LogP contribution in [0.2, 0.25) is 5.02 Å². The zero-order valence-electron chi connectivity index (χ0n) is 17.9. The summed E-state index contributed by atoms with van der Waals surface area (Å²) in [7, 11) is -3.66. The molecule has 1 saturated heterocycles. The van der Waals surface area contributed by atoms with E-state index in [0.29, 0.717) is 37.0 Å². The lowest BCUT2D eigenvalue weighted by atomic mass is 10.2. The molecule has 0 radical (unpaired) electrons. The Morgan fingerprint density at radius 1 is 1.00 bits per heavy atom. The van der Waals surface area contributed by atoms with Gasteiger partial charge in [-0.05, 0) is 48.0 Å². The molecular weight excluding hydrogens is 462 g/mol. The number of hydrogen-bond acceptors (Lipinski definition) is 5.